The number of carboxylic acid groups (broad SMARTS) is 1. The number of nitrogens with zero attached hydrogens (tertiary/aromatic N) is 4. The van der Waals surface area contributed by atoms with Crippen LogP contribution in [0.4, 0.5) is 5.69 Å². The highest BCUT2D eigenvalue weighted by Crippen LogP contribution is 2.24. The summed E-state index contributed by atoms with van der Waals surface area (Å²) in [6.45, 7) is 5.01. The molecular formula is C25H23N4O2-. The fourth-order valence-electron chi connectivity index (χ4n) is 4.19. The van der Waals surface area contributed by atoms with Gasteiger partial charge in [-0.15, -0.1) is 0 Å². The van der Waals surface area contributed by atoms with E-state index < -0.39 is 5.97 Å². The maximum Gasteiger partial charge on any atom is 0.100 e. The molecule has 0 amide bonds. The second kappa shape index (κ2) is 8.24. The molecule has 0 spiro atoms. The molecule has 0 saturated carbocycles. The van der Waals surface area contributed by atoms with Gasteiger partial charge in [-0.25, -0.2) is 4.98 Å². The molecule has 0 atom stereocenters. The molecule has 3 aromatic carbocycles. The minimum absolute atomic E-state index is 0.139. The van der Waals surface area contributed by atoms with Crippen molar-refractivity contribution in [1.29, 1.82) is 0 Å². The number of piperazine rings is 1. The van der Waals surface area contributed by atoms with Crippen molar-refractivity contribution >= 4 is 22.7 Å². The fourth-order valence-corrected chi connectivity index (χ4v) is 4.19. The molecule has 1 aliphatic heterocycles. The third-order valence-electron chi connectivity index (χ3n) is 5.88. The van der Waals surface area contributed by atoms with Crippen molar-refractivity contribution in [3.8, 4) is 5.69 Å². The Morgan fingerprint density at radius 1 is 0.871 bits per heavy atom. The van der Waals surface area contributed by atoms with Crippen LogP contribution in [0.15, 0.2) is 79.1 Å². The Balaban J connectivity index is 1.32. The smallest absolute Gasteiger partial charge is 0.100 e. The summed E-state index contributed by atoms with van der Waals surface area (Å²) in [5, 5.41) is 11.1. The number of imidazole rings is 1. The van der Waals surface area contributed by atoms with Gasteiger partial charge in [0.15, 0.2) is 0 Å². The number of hydrogen-bond acceptors (Lipinski definition) is 5. The molecule has 31 heavy (non-hydrogen) atoms. The average Bonchev–Trinajstić information content (AvgIpc) is 3.24. The van der Waals surface area contributed by atoms with E-state index in [0.29, 0.717) is 5.52 Å². The highest BCUT2D eigenvalue weighted by atomic mass is 16.4. The number of fused-ring (bicyclic) bond motifs is 1. The summed E-state index contributed by atoms with van der Waals surface area (Å²) in [4.78, 5) is 20.4. The molecule has 1 aromatic heterocycles. The van der Waals surface area contributed by atoms with Crippen molar-refractivity contribution in [3.63, 3.8) is 0 Å². The van der Waals surface area contributed by atoms with Crippen molar-refractivity contribution in [2.75, 3.05) is 31.1 Å². The van der Waals surface area contributed by atoms with Gasteiger partial charge in [0, 0.05) is 44.1 Å². The molecule has 1 saturated heterocycles. The number of rotatable bonds is 5. The lowest BCUT2D eigenvalue weighted by Crippen LogP contribution is -2.45. The van der Waals surface area contributed by atoms with E-state index in [1.54, 1.807) is 24.5 Å². The number of carbonyl (C=O) groups excluding carboxylic acids is 1. The quantitative estimate of drug-likeness (QED) is 0.505. The Hall–Kier alpha value is -3.64. The van der Waals surface area contributed by atoms with Crippen molar-refractivity contribution in [3.05, 3.63) is 90.3 Å². The van der Waals surface area contributed by atoms with E-state index in [-0.39, 0.29) is 5.56 Å². The van der Waals surface area contributed by atoms with Gasteiger partial charge in [0.1, 0.15) is 6.33 Å². The number of hydrogen-bond donors (Lipinski definition) is 0. The standard InChI is InChI=1S/C25H24N4O2/c30-25(31)20-9-10-24-23(15-20)26-18-29(24)22-8-4-7-21(16-22)28-13-11-27(12-14-28)17-19-5-2-1-3-6-19/h1-10,15-16,18H,11-14,17H2,(H,30,31)/p-1. The summed E-state index contributed by atoms with van der Waals surface area (Å²) in [5.41, 5.74) is 5.20. The molecule has 5 rings (SSSR count). The number of aromatic carboxylic acids is 1. The first kappa shape index (κ1) is 19.3. The van der Waals surface area contributed by atoms with Gasteiger partial charge < -0.3 is 14.8 Å². The monoisotopic (exact) mass is 411 g/mol. The second-order valence-electron chi connectivity index (χ2n) is 7.87. The zero-order chi connectivity index (χ0) is 21.2. The van der Waals surface area contributed by atoms with Crippen molar-refractivity contribution in [1.82, 2.24) is 14.5 Å². The van der Waals surface area contributed by atoms with Crippen molar-refractivity contribution < 1.29 is 9.90 Å². The Labute approximate surface area is 181 Å². The second-order valence-corrected chi connectivity index (χ2v) is 7.87. The molecule has 0 unspecified atom stereocenters. The first-order valence-corrected chi connectivity index (χ1v) is 10.5. The number of benzene rings is 3. The van der Waals surface area contributed by atoms with Gasteiger partial charge in [0.25, 0.3) is 0 Å². The first-order chi connectivity index (χ1) is 15.2. The van der Waals surface area contributed by atoms with Crippen LogP contribution in [0.1, 0.15) is 15.9 Å². The van der Waals surface area contributed by atoms with E-state index in [9.17, 15) is 9.90 Å². The molecule has 2 heterocycles. The average molecular weight is 411 g/mol. The molecule has 0 radical (unpaired) electrons. The van der Waals surface area contributed by atoms with Crippen molar-refractivity contribution in [2.45, 2.75) is 6.54 Å². The van der Waals surface area contributed by atoms with Gasteiger partial charge in [0.05, 0.1) is 17.0 Å². The van der Waals surface area contributed by atoms with Crippen LogP contribution < -0.4 is 10.0 Å². The Morgan fingerprint density at radius 3 is 2.42 bits per heavy atom. The maximum atomic E-state index is 11.1. The Morgan fingerprint density at radius 2 is 1.65 bits per heavy atom. The summed E-state index contributed by atoms with van der Waals surface area (Å²) < 4.78 is 1.99. The van der Waals surface area contributed by atoms with Crippen LogP contribution in [-0.4, -0.2) is 46.6 Å². The van der Waals surface area contributed by atoms with Crippen LogP contribution in [0.5, 0.6) is 0 Å². The minimum atomic E-state index is -1.19. The van der Waals surface area contributed by atoms with E-state index in [2.05, 4.69) is 63.3 Å². The summed E-state index contributed by atoms with van der Waals surface area (Å²) in [6.07, 6.45) is 1.74. The number of anilines is 1. The van der Waals surface area contributed by atoms with Crippen LogP contribution >= 0.6 is 0 Å². The van der Waals surface area contributed by atoms with Crippen LogP contribution in [0.25, 0.3) is 16.7 Å². The third kappa shape index (κ3) is 4.02. The van der Waals surface area contributed by atoms with Gasteiger partial charge in [-0.1, -0.05) is 42.5 Å². The van der Waals surface area contributed by atoms with Crippen LogP contribution in [0.2, 0.25) is 0 Å². The van der Waals surface area contributed by atoms with E-state index in [1.807, 2.05) is 10.6 Å². The molecule has 0 aliphatic carbocycles. The lowest BCUT2D eigenvalue weighted by atomic mass is 10.1. The zero-order valence-corrected chi connectivity index (χ0v) is 17.1. The molecule has 6 nitrogen and oxygen atoms in total. The molecule has 156 valence electrons. The first-order valence-electron chi connectivity index (χ1n) is 10.5. The van der Waals surface area contributed by atoms with Gasteiger partial charge in [-0.3, -0.25) is 9.47 Å². The maximum absolute atomic E-state index is 11.1. The highest BCUT2D eigenvalue weighted by Gasteiger charge is 2.18. The Kier molecular flexibility index (Phi) is 5.14. The molecule has 4 aromatic rings. The van der Waals surface area contributed by atoms with Crippen molar-refractivity contribution in [2.24, 2.45) is 0 Å². The third-order valence-corrected chi connectivity index (χ3v) is 5.88. The lowest BCUT2D eigenvalue weighted by molar-refractivity contribution is -0.255. The zero-order valence-electron chi connectivity index (χ0n) is 17.1. The van der Waals surface area contributed by atoms with Gasteiger partial charge in [-0.2, -0.15) is 0 Å². The van der Waals surface area contributed by atoms with Crippen LogP contribution in [0, 0.1) is 0 Å². The van der Waals surface area contributed by atoms with Gasteiger partial charge in [-0.05, 0) is 41.5 Å². The van der Waals surface area contributed by atoms with E-state index >= 15 is 0 Å². The SMILES string of the molecule is O=C([O-])c1ccc2c(c1)ncn2-c1cccc(N2CCN(Cc3ccccc3)CC2)c1. The molecule has 1 aliphatic rings. The van der Waals surface area contributed by atoms with Gasteiger partial charge in [0.2, 0.25) is 0 Å². The number of carbonyl (C=O) groups is 1. The number of aromatic nitrogens is 2. The normalized spacial score (nSPS) is 14.8. The largest absolute Gasteiger partial charge is 0.545 e. The van der Waals surface area contributed by atoms with Crippen LogP contribution in [-0.2, 0) is 6.54 Å². The summed E-state index contributed by atoms with van der Waals surface area (Å²) in [6, 6.07) is 23.9. The minimum Gasteiger partial charge on any atom is -0.545 e. The summed E-state index contributed by atoms with van der Waals surface area (Å²) in [5.74, 6) is -1.19. The Bertz CT molecular complexity index is 1210. The molecule has 1 fully saturated rings. The molecule has 6 heteroatoms. The molecular weight excluding hydrogens is 388 g/mol. The lowest BCUT2D eigenvalue weighted by Gasteiger charge is -2.36. The molecule has 0 bridgehead atoms. The predicted octanol–water partition coefficient (Wildman–Crippen LogP) is 2.71. The van der Waals surface area contributed by atoms with E-state index in [1.165, 1.54) is 11.3 Å². The fraction of sp³-hybridized carbons (Fsp3) is 0.200. The van der Waals surface area contributed by atoms with Crippen LogP contribution in [0.3, 0.4) is 0 Å². The van der Waals surface area contributed by atoms with Gasteiger partial charge >= 0.3 is 0 Å². The predicted molar refractivity (Wildman–Crippen MR) is 119 cm³/mol. The van der Waals surface area contributed by atoms with E-state index in [4.69, 9.17) is 0 Å². The number of carboxylic acids is 1. The van der Waals surface area contributed by atoms with E-state index in [0.717, 1.165) is 43.9 Å². The highest BCUT2D eigenvalue weighted by molar-refractivity contribution is 5.91. The molecule has 0 N–H and O–H groups in total. The topological polar surface area (TPSA) is 64.4 Å². The summed E-state index contributed by atoms with van der Waals surface area (Å²) in [7, 11) is 0. The summed E-state index contributed by atoms with van der Waals surface area (Å²) >= 11 is 0.